The molecular formula is C12H20N4O2. The highest BCUT2D eigenvalue weighted by Gasteiger charge is 2.16. The zero-order valence-corrected chi connectivity index (χ0v) is 10.9. The Morgan fingerprint density at radius 1 is 1.44 bits per heavy atom. The van der Waals surface area contributed by atoms with Crippen molar-refractivity contribution in [2.75, 3.05) is 44.5 Å². The fourth-order valence-electron chi connectivity index (χ4n) is 2.08. The van der Waals surface area contributed by atoms with Crippen molar-refractivity contribution in [2.24, 2.45) is 5.92 Å². The lowest BCUT2D eigenvalue weighted by atomic mass is 10.0. The second-order valence-corrected chi connectivity index (χ2v) is 4.32. The molecule has 1 fully saturated rings. The van der Waals surface area contributed by atoms with Gasteiger partial charge in [-0.2, -0.15) is 0 Å². The van der Waals surface area contributed by atoms with Gasteiger partial charge in [-0.15, -0.1) is 0 Å². The zero-order chi connectivity index (χ0) is 12.8. The quantitative estimate of drug-likeness (QED) is 0.825. The van der Waals surface area contributed by atoms with Crippen LogP contribution >= 0.6 is 0 Å². The van der Waals surface area contributed by atoms with Crippen molar-refractivity contribution in [3.05, 3.63) is 6.33 Å². The lowest BCUT2D eigenvalue weighted by Gasteiger charge is -2.23. The molecule has 1 aromatic heterocycles. The Morgan fingerprint density at radius 2 is 2.28 bits per heavy atom. The Bertz CT molecular complexity index is 380. The van der Waals surface area contributed by atoms with Crippen LogP contribution in [0.4, 0.5) is 11.6 Å². The average Bonchev–Trinajstić information content (AvgIpc) is 2.45. The van der Waals surface area contributed by atoms with E-state index < -0.39 is 0 Å². The van der Waals surface area contributed by atoms with Gasteiger partial charge in [0.05, 0.1) is 13.7 Å². The molecular weight excluding hydrogens is 232 g/mol. The Hall–Kier alpha value is -1.56. The van der Waals surface area contributed by atoms with Crippen LogP contribution in [-0.4, -0.2) is 43.9 Å². The summed E-state index contributed by atoms with van der Waals surface area (Å²) in [4.78, 5) is 8.33. The van der Waals surface area contributed by atoms with Crippen molar-refractivity contribution in [1.29, 1.82) is 0 Å². The van der Waals surface area contributed by atoms with Crippen LogP contribution in [0.5, 0.6) is 5.75 Å². The summed E-state index contributed by atoms with van der Waals surface area (Å²) in [6, 6.07) is 0. The van der Waals surface area contributed by atoms with Crippen LogP contribution in [-0.2, 0) is 4.74 Å². The lowest BCUT2D eigenvalue weighted by molar-refractivity contribution is 0.0594. The third kappa shape index (κ3) is 3.01. The Morgan fingerprint density at radius 3 is 2.94 bits per heavy atom. The molecule has 1 atom stereocenters. The predicted molar refractivity (Wildman–Crippen MR) is 70.2 cm³/mol. The standard InChI is InChI=1S/C12H20N4O2/c1-13-11-10(17-2)12(16-8-15-11)14-6-9-4-3-5-18-7-9/h8-9H,3-7H2,1-2H3,(H2,13,14,15,16). The first-order chi connectivity index (χ1) is 8.85. The third-order valence-corrected chi connectivity index (χ3v) is 3.06. The summed E-state index contributed by atoms with van der Waals surface area (Å²) in [5.41, 5.74) is 0. The number of hydrogen-bond acceptors (Lipinski definition) is 6. The molecule has 0 saturated carbocycles. The molecule has 0 bridgehead atoms. The van der Waals surface area contributed by atoms with Gasteiger partial charge in [0.25, 0.3) is 0 Å². The SMILES string of the molecule is CNc1ncnc(NCC2CCCOC2)c1OC. The van der Waals surface area contributed by atoms with Crippen LogP contribution in [0.25, 0.3) is 0 Å². The van der Waals surface area contributed by atoms with E-state index in [1.54, 1.807) is 7.11 Å². The van der Waals surface area contributed by atoms with E-state index in [0.29, 0.717) is 17.5 Å². The van der Waals surface area contributed by atoms with E-state index in [9.17, 15) is 0 Å². The van der Waals surface area contributed by atoms with Crippen molar-refractivity contribution in [2.45, 2.75) is 12.8 Å². The molecule has 6 heteroatoms. The summed E-state index contributed by atoms with van der Waals surface area (Å²) in [5, 5.41) is 6.30. The smallest absolute Gasteiger partial charge is 0.204 e. The molecule has 18 heavy (non-hydrogen) atoms. The number of methoxy groups -OCH3 is 1. The molecule has 0 spiro atoms. The molecule has 1 aromatic rings. The van der Waals surface area contributed by atoms with Gasteiger partial charge in [-0.3, -0.25) is 0 Å². The molecule has 1 aliphatic rings. The minimum atomic E-state index is 0.538. The Kier molecular flexibility index (Phi) is 4.58. The maximum atomic E-state index is 5.46. The molecule has 1 unspecified atom stereocenters. The molecule has 0 radical (unpaired) electrons. The van der Waals surface area contributed by atoms with E-state index in [-0.39, 0.29) is 0 Å². The first kappa shape index (κ1) is 12.9. The van der Waals surface area contributed by atoms with Gasteiger partial charge in [-0.1, -0.05) is 0 Å². The number of anilines is 2. The molecule has 1 saturated heterocycles. The molecule has 2 N–H and O–H groups in total. The molecule has 100 valence electrons. The second kappa shape index (κ2) is 6.39. The van der Waals surface area contributed by atoms with Crippen molar-refractivity contribution in [3.63, 3.8) is 0 Å². The highest BCUT2D eigenvalue weighted by atomic mass is 16.5. The first-order valence-electron chi connectivity index (χ1n) is 6.23. The summed E-state index contributed by atoms with van der Waals surface area (Å²) < 4.78 is 10.8. The summed E-state index contributed by atoms with van der Waals surface area (Å²) in [5.74, 6) is 2.60. The largest absolute Gasteiger partial charge is 0.490 e. The van der Waals surface area contributed by atoms with E-state index >= 15 is 0 Å². The van der Waals surface area contributed by atoms with Crippen molar-refractivity contribution < 1.29 is 9.47 Å². The van der Waals surface area contributed by atoms with Gasteiger partial charge in [-0.05, 0) is 18.8 Å². The lowest BCUT2D eigenvalue weighted by Crippen LogP contribution is -2.24. The third-order valence-electron chi connectivity index (χ3n) is 3.06. The van der Waals surface area contributed by atoms with Gasteiger partial charge in [0.15, 0.2) is 11.6 Å². The highest BCUT2D eigenvalue weighted by Crippen LogP contribution is 2.28. The van der Waals surface area contributed by atoms with E-state index in [0.717, 1.165) is 32.0 Å². The number of ether oxygens (including phenoxy) is 2. The van der Waals surface area contributed by atoms with Crippen molar-refractivity contribution in [3.8, 4) is 5.75 Å². The van der Waals surface area contributed by atoms with Crippen LogP contribution < -0.4 is 15.4 Å². The van der Waals surface area contributed by atoms with E-state index in [2.05, 4.69) is 20.6 Å². The first-order valence-corrected chi connectivity index (χ1v) is 6.23. The average molecular weight is 252 g/mol. The van der Waals surface area contributed by atoms with Crippen LogP contribution in [0, 0.1) is 5.92 Å². The molecule has 2 heterocycles. The van der Waals surface area contributed by atoms with Crippen molar-refractivity contribution in [1.82, 2.24) is 9.97 Å². The summed E-state index contributed by atoms with van der Waals surface area (Å²) in [6.45, 7) is 2.55. The topological polar surface area (TPSA) is 68.3 Å². The summed E-state index contributed by atoms with van der Waals surface area (Å²) in [6.07, 6.45) is 3.85. The Labute approximate surface area is 107 Å². The van der Waals surface area contributed by atoms with Crippen LogP contribution in [0.1, 0.15) is 12.8 Å². The van der Waals surface area contributed by atoms with Crippen molar-refractivity contribution >= 4 is 11.6 Å². The number of hydrogen-bond donors (Lipinski definition) is 2. The van der Waals surface area contributed by atoms with Crippen LogP contribution in [0.15, 0.2) is 6.33 Å². The number of aromatic nitrogens is 2. The van der Waals surface area contributed by atoms with Gasteiger partial charge < -0.3 is 20.1 Å². The number of rotatable bonds is 5. The van der Waals surface area contributed by atoms with Gasteiger partial charge in [0.1, 0.15) is 6.33 Å². The van der Waals surface area contributed by atoms with E-state index in [1.807, 2.05) is 7.05 Å². The molecule has 1 aliphatic heterocycles. The predicted octanol–water partition coefficient (Wildman–Crippen LogP) is 1.37. The second-order valence-electron chi connectivity index (χ2n) is 4.32. The fraction of sp³-hybridized carbons (Fsp3) is 0.667. The molecule has 6 nitrogen and oxygen atoms in total. The van der Waals surface area contributed by atoms with Gasteiger partial charge >= 0.3 is 0 Å². The summed E-state index contributed by atoms with van der Waals surface area (Å²) in [7, 11) is 3.43. The van der Waals surface area contributed by atoms with Crippen LogP contribution in [0.3, 0.4) is 0 Å². The maximum absolute atomic E-state index is 5.46. The highest BCUT2D eigenvalue weighted by molar-refractivity contribution is 5.63. The number of nitrogens with zero attached hydrogens (tertiary/aromatic N) is 2. The maximum Gasteiger partial charge on any atom is 0.204 e. The fourth-order valence-corrected chi connectivity index (χ4v) is 2.08. The zero-order valence-electron chi connectivity index (χ0n) is 10.9. The minimum absolute atomic E-state index is 0.538. The normalized spacial score (nSPS) is 19.3. The number of nitrogens with one attached hydrogen (secondary N) is 2. The molecule has 0 aromatic carbocycles. The van der Waals surface area contributed by atoms with Gasteiger partial charge in [0, 0.05) is 20.2 Å². The molecule has 0 aliphatic carbocycles. The summed E-state index contributed by atoms with van der Waals surface area (Å²) >= 11 is 0. The van der Waals surface area contributed by atoms with Gasteiger partial charge in [-0.25, -0.2) is 9.97 Å². The Balaban J connectivity index is 1.99. The van der Waals surface area contributed by atoms with Gasteiger partial charge in [0.2, 0.25) is 5.75 Å². The monoisotopic (exact) mass is 252 g/mol. The molecule has 2 rings (SSSR count). The minimum Gasteiger partial charge on any atom is -0.490 e. The van der Waals surface area contributed by atoms with E-state index in [1.165, 1.54) is 12.7 Å². The molecule has 0 amide bonds. The van der Waals surface area contributed by atoms with Crippen LogP contribution in [0.2, 0.25) is 0 Å². The van der Waals surface area contributed by atoms with E-state index in [4.69, 9.17) is 9.47 Å².